The van der Waals surface area contributed by atoms with Gasteiger partial charge in [0, 0.05) is 45.2 Å². The predicted molar refractivity (Wildman–Crippen MR) is 179 cm³/mol. The van der Waals surface area contributed by atoms with Gasteiger partial charge in [-0.2, -0.15) is 0 Å². The molecule has 5 aromatic carbocycles. The molecular weight excluding hydrogens is 526 g/mol. The van der Waals surface area contributed by atoms with Crippen LogP contribution in [0.3, 0.4) is 0 Å². The quantitative estimate of drug-likeness (QED) is 0.209. The van der Waals surface area contributed by atoms with Crippen LogP contribution in [0.5, 0.6) is 0 Å². The molecule has 0 aliphatic heterocycles. The number of nitrogens with two attached hydrogens (primary N) is 1. The van der Waals surface area contributed by atoms with Crippen LogP contribution in [0.25, 0.3) is 66.6 Å². The minimum Gasteiger partial charge on any atom is -0.405 e. The van der Waals surface area contributed by atoms with Gasteiger partial charge in [0.15, 0.2) is 5.65 Å². The Labute approximate surface area is 249 Å². The first-order chi connectivity index (χ1) is 21.3. The number of hydrogen-bond acceptors (Lipinski definition) is 2. The Morgan fingerprint density at radius 1 is 0.581 bits per heavy atom. The number of hydrogen-bond donors (Lipinski definition) is 1. The van der Waals surface area contributed by atoms with Gasteiger partial charge in [0.2, 0.25) is 0 Å². The van der Waals surface area contributed by atoms with Crippen molar-refractivity contribution < 1.29 is 0 Å². The highest BCUT2D eigenvalue weighted by atomic mass is 15.2. The van der Waals surface area contributed by atoms with E-state index in [1.54, 1.807) is 6.20 Å². The van der Waals surface area contributed by atoms with Crippen molar-refractivity contribution in [3.8, 4) is 22.8 Å². The Hall–Kier alpha value is -5.81. The lowest BCUT2D eigenvalue weighted by atomic mass is 10.1. The maximum atomic E-state index is 5.59. The SMILES string of the molecule is N/C=C\C=C/Cn1c2ccccc2c2cc3c(cc21)c1c(nc(-c2ccccc2)n1-c1ccccc1)n3-c1ccccc1. The van der Waals surface area contributed by atoms with Crippen LogP contribution in [0.2, 0.25) is 0 Å². The number of fused-ring (bicyclic) bond motifs is 6. The maximum absolute atomic E-state index is 5.59. The average Bonchev–Trinajstić information content (AvgIpc) is 3.70. The first-order valence-electron chi connectivity index (χ1n) is 14.5. The first kappa shape index (κ1) is 24.9. The van der Waals surface area contributed by atoms with Crippen molar-refractivity contribution in [2.75, 3.05) is 0 Å². The third-order valence-corrected chi connectivity index (χ3v) is 8.16. The lowest BCUT2D eigenvalue weighted by Crippen LogP contribution is -1.98. The van der Waals surface area contributed by atoms with Gasteiger partial charge < -0.3 is 10.3 Å². The van der Waals surface area contributed by atoms with E-state index in [2.05, 4.69) is 141 Å². The summed E-state index contributed by atoms with van der Waals surface area (Å²) in [7, 11) is 0. The fourth-order valence-electron chi connectivity index (χ4n) is 6.33. The second-order valence-corrected chi connectivity index (χ2v) is 10.6. The molecule has 0 saturated carbocycles. The Kier molecular flexibility index (Phi) is 5.93. The zero-order chi connectivity index (χ0) is 28.8. The van der Waals surface area contributed by atoms with E-state index in [4.69, 9.17) is 10.7 Å². The molecule has 5 nitrogen and oxygen atoms in total. The van der Waals surface area contributed by atoms with E-state index in [1.165, 1.54) is 21.8 Å². The number of benzene rings is 5. The summed E-state index contributed by atoms with van der Waals surface area (Å²) in [5.41, 5.74) is 14.4. The van der Waals surface area contributed by atoms with Gasteiger partial charge in [-0.3, -0.25) is 9.13 Å². The molecule has 206 valence electrons. The molecule has 0 aliphatic rings. The van der Waals surface area contributed by atoms with Gasteiger partial charge in [-0.25, -0.2) is 4.98 Å². The lowest BCUT2D eigenvalue weighted by Gasteiger charge is -2.11. The first-order valence-corrected chi connectivity index (χ1v) is 14.5. The molecule has 3 heterocycles. The summed E-state index contributed by atoms with van der Waals surface area (Å²) >= 11 is 0. The molecule has 0 fully saturated rings. The summed E-state index contributed by atoms with van der Waals surface area (Å²) in [5.74, 6) is 0.917. The highest BCUT2D eigenvalue weighted by Crippen LogP contribution is 2.41. The van der Waals surface area contributed by atoms with Gasteiger partial charge in [0.05, 0.1) is 11.0 Å². The van der Waals surface area contributed by atoms with Gasteiger partial charge in [-0.1, -0.05) is 97.1 Å². The minimum atomic E-state index is 0.732. The molecule has 0 spiro atoms. The fraction of sp³-hybridized carbons (Fsp3) is 0.0263. The smallest absolute Gasteiger partial charge is 0.165 e. The van der Waals surface area contributed by atoms with Gasteiger partial charge in [0.1, 0.15) is 11.3 Å². The zero-order valence-electron chi connectivity index (χ0n) is 23.5. The minimum absolute atomic E-state index is 0.732. The second kappa shape index (κ2) is 10.2. The van der Waals surface area contributed by atoms with Crippen molar-refractivity contribution in [3.63, 3.8) is 0 Å². The summed E-state index contributed by atoms with van der Waals surface area (Å²) < 4.78 is 7.02. The third kappa shape index (κ3) is 3.97. The van der Waals surface area contributed by atoms with Gasteiger partial charge >= 0.3 is 0 Å². The number of nitrogens with zero attached hydrogens (tertiary/aromatic N) is 4. The molecule has 2 N–H and O–H groups in total. The summed E-state index contributed by atoms with van der Waals surface area (Å²) in [4.78, 5) is 5.39. The van der Waals surface area contributed by atoms with Gasteiger partial charge in [-0.15, -0.1) is 0 Å². The molecule has 8 rings (SSSR count). The van der Waals surface area contributed by atoms with E-state index in [0.717, 1.165) is 51.4 Å². The van der Waals surface area contributed by atoms with Crippen LogP contribution < -0.4 is 5.73 Å². The van der Waals surface area contributed by atoms with E-state index < -0.39 is 0 Å². The zero-order valence-corrected chi connectivity index (χ0v) is 23.5. The average molecular weight is 556 g/mol. The van der Waals surface area contributed by atoms with E-state index in [0.29, 0.717) is 0 Å². The summed E-state index contributed by atoms with van der Waals surface area (Å²) in [6, 6.07) is 44.9. The highest BCUT2D eigenvalue weighted by molar-refractivity contribution is 6.18. The molecule has 0 saturated heterocycles. The Morgan fingerprint density at radius 2 is 1.21 bits per heavy atom. The second-order valence-electron chi connectivity index (χ2n) is 10.6. The molecule has 0 unspecified atom stereocenters. The number of allylic oxidation sites excluding steroid dienone is 3. The maximum Gasteiger partial charge on any atom is 0.165 e. The molecule has 0 atom stereocenters. The summed E-state index contributed by atoms with van der Waals surface area (Å²) in [6.45, 7) is 0.732. The fourth-order valence-corrected chi connectivity index (χ4v) is 6.33. The van der Waals surface area contributed by atoms with E-state index in [9.17, 15) is 0 Å². The summed E-state index contributed by atoms with van der Waals surface area (Å²) in [5, 5.41) is 3.61. The molecule has 0 aliphatic carbocycles. The van der Waals surface area contributed by atoms with Crippen LogP contribution in [0, 0.1) is 0 Å². The van der Waals surface area contributed by atoms with Crippen molar-refractivity contribution in [1.29, 1.82) is 0 Å². The molecule has 0 radical (unpaired) electrons. The van der Waals surface area contributed by atoms with Crippen LogP contribution in [-0.4, -0.2) is 18.7 Å². The van der Waals surface area contributed by atoms with E-state index >= 15 is 0 Å². The standard InChI is InChI=1S/C38H29N5/c39-23-13-4-14-24-41-33-22-12-11-21-30(33)31-25-35-32(26-34(31)41)36-38(42(35)28-17-7-2-8-18-28)40-37(27-15-5-1-6-16-27)43(36)29-19-9-3-10-20-29/h1-23,25-26H,24,39H2/b14-4-,23-13-. The molecule has 8 aromatic rings. The van der Waals surface area contributed by atoms with Crippen LogP contribution >= 0.6 is 0 Å². The number of rotatable bonds is 6. The van der Waals surface area contributed by atoms with Crippen LogP contribution in [0.4, 0.5) is 0 Å². The van der Waals surface area contributed by atoms with Crippen molar-refractivity contribution >= 4 is 43.9 Å². The van der Waals surface area contributed by atoms with Crippen molar-refractivity contribution in [3.05, 3.63) is 152 Å². The lowest BCUT2D eigenvalue weighted by molar-refractivity contribution is 0.899. The van der Waals surface area contributed by atoms with Crippen molar-refractivity contribution in [2.24, 2.45) is 5.73 Å². The van der Waals surface area contributed by atoms with Crippen molar-refractivity contribution in [1.82, 2.24) is 18.7 Å². The van der Waals surface area contributed by atoms with E-state index in [-0.39, 0.29) is 0 Å². The normalized spacial score (nSPS) is 12.2. The van der Waals surface area contributed by atoms with Gasteiger partial charge in [-0.05, 0) is 54.7 Å². The largest absolute Gasteiger partial charge is 0.405 e. The van der Waals surface area contributed by atoms with Crippen LogP contribution in [-0.2, 0) is 6.54 Å². The molecule has 5 heteroatoms. The Balaban J connectivity index is 1.55. The summed E-state index contributed by atoms with van der Waals surface area (Å²) in [6.07, 6.45) is 7.56. The number of imidazole rings is 1. The van der Waals surface area contributed by atoms with Crippen LogP contribution in [0.15, 0.2) is 152 Å². The molecular formula is C38H29N5. The predicted octanol–water partition coefficient (Wildman–Crippen LogP) is 8.77. The molecule has 0 bridgehead atoms. The van der Waals surface area contributed by atoms with Crippen molar-refractivity contribution in [2.45, 2.75) is 6.54 Å². The molecule has 0 amide bonds. The number of para-hydroxylation sites is 3. The van der Waals surface area contributed by atoms with Gasteiger partial charge in [0.25, 0.3) is 0 Å². The van der Waals surface area contributed by atoms with E-state index in [1.807, 2.05) is 18.2 Å². The Bertz CT molecular complexity index is 2300. The topological polar surface area (TPSA) is 53.7 Å². The number of aromatic nitrogens is 4. The highest BCUT2D eigenvalue weighted by Gasteiger charge is 2.24. The van der Waals surface area contributed by atoms with Crippen LogP contribution in [0.1, 0.15) is 0 Å². The third-order valence-electron chi connectivity index (χ3n) is 8.16. The molecule has 3 aromatic heterocycles. The monoisotopic (exact) mass is 555 g/mol. The molecule has 43 heavy (non-hydrogen) atoms. The Morgan fingerprint density at radius 3 is 1.93 bits per heavy atom.